The van der Waals surface area contributed by atoms with Gasteiger partial charge in [0.2, 0.25) is 0 Å². The number of aromatic amines is 1. The van der Waals surface area contributed by atoms with Gasteiger partial charge in [0.25, 0.3) is 0 Å². The molecule has 0 aliphatic rings. The summed E-state index contributed by atoms with van der Waals surface area (Å²) in [5.74, 6) is 0. The lowest BCUT2D eigenvalue weighted by Gasteiger charge is -2.12. The molecule has 2 nitrogen and oxygen atoms in total. The molecule has 0 spiro atoms. The van der Waals surface area contributed by atoms with Gasteiger partial charge in [-0.15, -0.1) is 0 Å². The molecule has 0 aliphatic heterocycles. The Balaban J connectivity index is 0.00000278. The largest absolute Gasteiger partial charge is 0.352 e. The number of fused-ring (bicyclic) bond motifs is 10. The molecule has 0 radical (unpaired) electrons. The Morgan fingerprint density at radius 3 is 1.62 bits per heavy atom. The first-order valence-corrected chi connectivity index (χ1v) is 14.5. The highest BCUT2D eigenvalue weighted by Gasteiger charge is 2.21. The minimum Gasteiger partial charge on any atom is -0.352 e. The SMILES string of the molecule is [HH].c1ccc(-c2ccc(-n3c4ccc(-c5ccccc5)cc4c4[nH]c5c6ccccc6c6ccccc6c5c43)cc2)cc1. The van der Waals surface area contributed by atoms with Gasteiger partial charge in [0.05, 0.1) is 22.1 Å². The fourth-order valence-corrected chi connectivity index (χ4v) is 6.81. The molecule has 0 unspecified atom stereocenters. The van der Waals surface area contributed by atoms with Crippen LogP contribution in [0.2, 0.25) is 0 Å². The molecule has 2 heteroatoms. The third kappa shape index (κ3) is 3.33. The first kappa shape index (κ1) is 23.1. The normalized spacial score (nSPS) is 11.8. The van der Waals surface area contributed by atoms with Gasteiger partial charge in [-0.25, -0.2) is 0 Å². The maximum absolute atomic E-state index is 3.94. The molecular formula is C40H28N2. The molecule has 0 atom stereocenters. The molecule has 0 amide bonds. The van der Waals surface area contributed by atoms with E-state index in [9.17, 15) is 0 Å². The van der Waals surface area contributed by atoms with E-state index < -0.39 is 0 Å². The van der Waals surface area contributed by atoms with E-state index in [0.717, 1.165) is 5.69 Å². The minimum atomic E-state index is 0. The van der Waals surface area contributed by atoms with Crippen LogP contribution in [0.5, 0.6) is 0 Å². The topological polar surface area (TPSA) is 20.7 Å². The summed E-state index contributed by atoms with van der Waals surface area (Å²) in [6.45, 7) is 0. The Bertz CT molecular complexity index is 2430. The Labute approximate surface area is 244 Å². The average Bonchev–Trinajstić information content (AvgIpc) is 3.61. The van der Waals surface area contributed by atoms with Crippen LogP contribution in [0, 0.1) is 0 Å². The Kier molecular flexibility index (Phi) is 4.93. The molecule has 42 heavy (non-hydrogen) atoms. The van der Waals surface area contributed by atoms with E-state index in [1.165, 1.54) is 76.6 Å². The van der Waals surface area contributed by atoms with Crippen LogP contribution in [0.1, 0.15) is 1.43 Å². The second-order valence-electron chi connectivity index (χ2n) is 11.0. The molecular weight excluding hydrogens is 508 g/mol. The highest BCUT2D eigenvalue weighted by molar-refractivity contribution is 6.33. The van der Waals surface area contributed by atoms with Crippen molar-refractivity contribution in [1.29, 1.82) is 0 Å². The van der Waals surface area contributed by atoms with Gasteiger partial charge >= 0.3 is 0 Å². The van der Waals surface area contributed by atoms with E-state index in [4.69, 9.17) is 0 Å². The number of hydrogen-bond donors (Lipinski definition) is 1. The molecule has 0 saturated carbocycles. The van der Waals surface area contributed by atoms with Gasteiger partial charge in [0.15, 0.2) is 0 Å². The van der Waals surface area contributed by atoms with E-state index in [-0.39, 0.29) is 1.43 Å². The number of nitrogens with zero attached hydrogens (tertiary/aromatic N) is 1. The van der Waals surface area contributed by atoms with Crippen molar-refractivity contribution in [3.63, 3.8) is 0 Å². The van der Waals surface area contributed by atoms with Gasteiger partial charge in [-0.1, -0.05) is 127 Å². The Hall–Kier alpha value is -5.60. The second-order valence-corrected chi connectivity index (χ2v) is 11.0. The summed E-state index contributed by atoms with van der Waals surface area (Å²) in [7, 11) is 0. The molecule has 0 bridgehead atoms. The molecule has 7 aromatic carbocycles. The molecule has 198 valence electrons. The van der Waals surface area contributed by atoms with Crippen LogP contribution in [0.4, 0.5) is 0 Å². The van der Waals surface area contributed by atoms with E-state index in [0.29, 0.717) is 0 Å². The van der Waals surface area contributed by atoms with Crippen molar-refractivity contribution in [3.05, 3.63) is 152 Å². The van der Waals surface area contributed by atoms with Crippen LogP contribution >= 0.6 is 0 Å². The standard InChI is InChI=1S/C40H26N2.H2/c1-3-11-26(12-4-1)28-19-22-30(23-20-28)42-36-24-21-29(27-13-5-2-6-14-27)25-35(36)39-40(42)37-33-17-9-7-15-31(33)32-16-8-10-18-34(32)38(37)41-39;/h1-25,41H;1H. The lowest BCUT2D eigenvalue weighted by molar-refractivity contribution is 1.19. The Morgan fingerprint density at radius 2 is 0.929 bits per heavy atom. The smallest absolute Gasteiger partial charge is 0.0804 e. The van der Waals surface area contributed by atoms with E-state index >= 15 is 0 Å². The zero-order valence-electron chi connectivity index (χ0n) is 22.9. The monoisotopic (exact) mass is 536 g/mol. The molecule has 0 fully saturated rings. The molecule has 0 saturated heterocycles. The highest BCUT2D eigenvalue weighted by Crippen LogP contribution is 2.44. The number of benzene rings is 7. The molecule has 9 rings (SSSR count). The number of aromatic nitrogens is 2. The predicted molar refractivity (Wildman–Crippen MR) is 181 cm³/mol. The van der Waals surface area contributed by atoms with Gasteiger partial charge < -0.3 is 9.55 Å². The van der Waals surface area contributed by atoms with Crippen molar-refractivity contribution in [3.8, 4) is 27.9 Å². The molecule has 9 aromatic rings. The van der Waals surface area contributed by atoms with E-state index in [1.54, 1.807) is 0 Å². The summed E-state index contributed by atoms with van der Waals surface area (Å²) in [6, 6.07) is 54.7. The van der Waals surface area contributed by atoms with Crippen molar-refractivity contribution in [2.24, 2.45) is 0 Å². The summed E-state index contributed by atoms with van der Waals surface area (Å²) < 4.78 is 2.45. The highest BCUT2D eigenvalue weighted by atomic mass is 15.0. The number of rotatable bonds is 3. The lowest BCUT2D eigenvalue weighted by atomic mass is 9.98. The molecule has 2 heterocycles. The van der Waals surface area contributed by atoms with Gasteiger partial charge in [-0.2, -0.15) is 0 Å². The van der Waals surface area contributed by atoms with E-state index in [2.05, 4.69) is 161 Å². The van der Waals surface area contributed by atoms with Crippen molar-refractivity contribution in [2.75, 3.05) is 0 Å². The summed E-state index contributed by atoms with van der Waals surface area (Å²) in [6.07, 6.45) is 0. The van der Waals surface area contributed by atoms with Crippen molar-refractivity contribution < 1.29 is 1.43 Å². The summed E-state index contributed by atoms with van der Waals surface area (Å²) in [4.78, 5) is 3.94. The van der Waals surface area contributed by atoms with Crippen LogP contribution in [0.3, 0.4) is 0 Å². The predicted octanol–water partition coefficient (Wildman–Crippen LogP) is 11.2. The quantitative estimate of drug-likeness (QED) is 0.217. The van der Waals surface area contributed by atoms with Crippen LogP contribution in [0.15, 0.2) is 152 Å². The van der Waals surface area contributed by atoms with Crippen LogP contribution in [-0.2, 0) is 0 Å². The Morgan fingerprint density at radius 1 is 0.405 bits per heavy atom. The lowest BCUT2D eigenvalue weighted by Crippen LogP contribution is -1.94. The van der Waals surface area contributed by atoms with Crippen molar-refractivity contribution >= 4 is 54.4 Å². The zero-order valence-corrected chi connectivity index (χ0v) is 22.9. The third-order valence-corrected chi connectivity index (χ3v) is 8.73. The van der Waals surface area contributed by atoms with Gasteiger partial charge in [-0.3, -0.25) is 0 Å². The third-order valence-electron chi connectivity index (χ3n) is 8.73. The number of H-pyrrole nitrogens is 1. The maximum atomic E-state index is 3.94. The van der Waals surface area contributed by atoms with Crippen LogP contribution < -0.4 is 0 Å². The van der Waals surface area contributed by atoms with Crippen molar-refractivity contribution in [1.82, 2.24) is 9.55 Å². The fourth-order valence-electron chi connectivity index (χ4n) is 6.81. The van der Waals surface area contributed by atoms with Gasteiger partial charge in [0.1, 0.15) is 0 Å². The second kappa shape index (κ2) is 8.95. The fraction of sp³-hybridized carbons (Fsp3) is 0. The summed E-state index contributed by atoms with van der Waals surface area (Å²) >= 11 is 0. The summed E-state index contributed by atoms with van der Waals surface area (Å²) in [5.41, 5.74) is 10.8. The molecule has 1 N–H and O–H groups in total. The minimum absolute atomic E-state index is 0. The molecule has 2 aromatic heterocycles. The maximum Gasteiger partial charge on any atom is 0.0804 e. The first-order valence-electron chi connectivity index (χ1n) is 14.5. The molecule has 0 aliphatic carbocycles. The van der Waals surface area contributed by atoms with Gasteiger partial charge in [0, 0.05) is 23.3 Å². The van der Waals surface area contributed by atoms with Crippen LogP contribution in [-0.4, -0.2) is 9.55 Å². The first-order chi connectivity index (χ1) is 20.8. The zero-order chi connectivity index (χ0) is 27.6. The summed E-state index contributed by atoms with van der Waals surface area (Å²) in [5, 5.41) is 7.57. The van der Waals surface area contributed by atoms with Gasteiger partial charge in [-0.05, 0) is 62.7 Å². The number of hydrogen-bond acceptors (Lipinski definition) is 0. The number of nitrogens with one attached hydrogen (secondary N) is 1. The average molecular weight is 537 g/mol. The van der Waals surface area contributed by atoms with E-state index in [1.807, 2.05) is 0 Å². The van der Waals surface area contributed by atoms with Crippen LogP contribution in [0.25, 0.3) is 82.3 Å². The van der Waals surface area contributed by atoms with Crippen molar-refractivity contribution in [2.45, 2.75) is 0 Å².